The normalized spacial score (nSPS) is 16.5. The van der Waals surface area contributed by atoms with E-state index < -0.39 is 0 Å². The van der Waals surface area contributed by atoms with Crippen LogP contribution in [0.2, 0.25) is 0 Å². The summed E-state index contributed by atoms with van der Waals surface area (Å²) in [5, 5.41) is 2.95. The lowest BCUT2D eigenvalue weighted by atomic mass is 10.1. The Hall–Kier alpha value is -2.86. The van der Waals surface area contributed by atoms with Crippen molar-refractivity contribution in [1.29, 1.82) is 0 Å². The first-order valence-corrected chi connectivity index (χ1v) is 8.80. The van der Waals surface area contributed by atoms with Crippen LogP contribution < -0.4 is 21.1 Å². The molecule has 2 aromatic rings. The number of carbonyl (C=O) groups excluding carboxylic acids is 1. The highest BCUT2D eigenvalue weighted by Gasteiger charge is 2.15. The standard InChI is InChI=1S/C20H23FN4O/c21-17-6-8-18(9-7-17)22-14-20(26)24-23-19-10-12-25(13-11-19)15-16-4-2-1-3-5-16/h1-10,22-23H,11-15H2,(H,24,26)/p+1. The summed E-state index contributed by atoms with van der Waals surface area (Å²) in [6.45, 7) is 3.09. The molecule has 26 heavy (non-hydrogen) atoms. The largest absolute Gasteiger partial charge is 0.376 e. The lowest BCUT2D eigenvalue weighted by molar-refractivity contribution is -0.909. The molecule has 1 aliphatic rings. The maximum Gasteiger partial charge on any atom is 0.257 e. The summed E-state index contributed by atoms with van der Waals surface area (Å²) in [6, 6.07) is 16.4. The summed E-state index contributed by atoms with van der Waals surface area (Å²) < 4.78 is 12.8. The Morgan fingerprint density at radius 2 is 1.85 bits per heavy atom. The zero-order valence-corrected chi connectivity index (χ0v) is 14.6. The van der Waals surface area contributed by atoms with Gasteiger partial charge in [0.05, 0.1) is 19.6 Å². The van der Waals surface area contributed by atoms with Crippen LogP contribution in [-0.2, 0) is 11.3 Å². The molecule has 1 amide bonds. The van der Waals surface area contributed by atoms with Crippen LogP contribution in [0.25, 0.3) is 0 Å². The van der Waals surface area contributed by atoms with E-state index in [0.717, 1.165) is 31.8 Å². The summed E-state index contributed by atoms with van der Waals surface area (Å²) in [6.07, 6.45) is 3.03. The van der Waals surface area contributed by atoms with E-state index in [1.807, 2.05) is 6.07 Å². The molecule has 1 aliphatic heterocycles. The number of hydrogen-bond acceptors (Lipinski definition) is 3. The minimum absolute atomic E-state index is 0.122. The molecule has 0 spiro atoms. The fourth-order valence-electron chi connectivity index (χ4n) is 2.89. The number of nitrogens with one attached hydrogen (secondary N) is 4. The maximum atomic E-state index is 12.8. The molecule has 1 unspecified atom stereocenters. The van der Waals surface area contributed by atoms with Crippen molar-refractivity contribution in [3.8, 4) is 0 Å². The second-order valence-electron chi connectivity index (χ2n) is 6.38. The quantitative estimate of drug-likeness (QED) is 0.565. The van der Waals surface area contributed by atoms with Gasteiger partial charge in [0.1, 0.15) is 12.4 Å². The van der Waals surface area contributed by atoms with Gasteiger partial charge in [-0.3, -0.25) is 10.2 Å². The van der Waals surface area contributed by atoms with Crippen LogP contribution in [0, 0.1) is 5.82 Å². The molecule has 1 heterocycles. The number of anilines is 1. The van der Waals surface area contributed by atoms with Gasteiger partial charge < -0.3 is 15.6 Å². The Labute approximate surface area is 152 Å². The first-order chi connectivity index (χ1) is 12.7. The fourth-order valence-corrected chi connectivity index (χ4v) is 2.89. The van der Waals surface area contributed by atoms with Crippen molar-refractivity contribution in [2.75, 3.05) is 25.0 Å². The number of halogens is 1. The van der Waals surface area contributed by atoms with Crippen molar-refractivity contribution in [2.45, 2.75) is 13.0 Å². The number of quaternary nitrogens is 1. The van der Waals surface area contributed by atoms with Gasteiger partial charge in [0, 0.05) is 23.4 Å². The van der Waals surface area contributed by atoms with Gasteiger partial charge in [0.2, 0.25) is 0 Å². The smallest absolute Gasteiger partial charge is 0.257 e. The minimum atomic E-state index is -0.297. The van der Waals surface area contributed by atoms with E-state index in [4.69, 9.17) is 0 Å². The molecule has 0 aliphatic carbocycles. The number of amides is 1. The Kier molecular flexibility index (Phi) is 6.22. The summed E-state index contributed by atoms with van der Waals surface area (Å²) in [4.78, 5) is 13.4. The van der Waals surface area contributed by atoms with Crippen LogP contribution in [0.3, 0.4) is 0 Å². The van der Waals surface area contributed by atoms with Gasteiger partial charge in [-0.05, 0) is 30.3 Å². The van der Waals surface area contributed by atoms with E-state index in [2.05, 4.69) is 46.5 Å². The van der Waals surface area contributed by atoms with Gasteiger partial charge in [-0.25, -0.2) is 4.39 Å². The first kappa shape index (κ1) is 17.9. The van der Waals surface area contributed by atoms with Crippen LogP contribution in [-0.4, -0.2) is 25.5 Å². The fraction of sp³-hybridized carbons (Fsp3) is 0.250. The van der Waals surface area contributed by atoms with Crippen molar-refractivity contribution >= 4 is 11.6 Å². The van der Waals surface area contributed by atoms with Crippen molar-refractivity contribution in [1.82, 2.24) is 10.9 Å². The average Bonchev–Trinajstić information content (AvgIpc) is 2.68. The molecule has 0 radical (unpaired) electrons. The Morgan fingerprint density at radius 1 is 1.08 bits per heavy atom. The molecule has 4 N–H and O–H groups in total. The van der Waals surface area contributed by atoms with Crippen LogP contribution >= 0.6 is 0 Å². The minimum Gasteiger partial charge on any atom is -0.376 e. The predicted molar refractivity (Wildman–Crippen MR) is 99.7 cm³/mol. The molecular formula is C20H24FN4O+. The number of hydrogen-bond donors (Lipinski definition) is 4. The number of hydrazine groups is 1. The number of benzene rings is 2. The van der Waals surface area contributed by atoms with Gasteiger partial charge in [-0.15, -0.1) is 0 Å². The SMILES string of the molecule is O=C(CNc1ccc(F)cc1)NNC1=CC[NH+](Cc2ccccc2)CC1. The monoisotopic (exact) mass is 355 g/mol. The van der Waals surface area contributed by atoms with E-state index in [1.54, 1.807) is 12.1 Å². The molecule has 1 atom stereocenters. The molecule has 5 nitrogen and oxygen atoms in total. The zero-order chi connectivity index (χ0) is 18.2. The highest BCUT2D eigenvalue weighted by Crippen LogP contribution is 2.07. The van der Waals surface area contributed by atoms with Gasteiger partial charge in [0.15, 0.2) is 0 Å². The van der Waals surface area contributed by atoms with Crippen molar-refractivity contribution < 1.29 is 14.1 Å². The molecule has 2 aromatic carbocycles. The third kappa shape index (κ3) is 5.60. The summed E-state index contributed by atoms with van der Waals surface area (Å²) in [5.41, 5.74) is 8.78. The summed E-state index contributed by atoms with van der Waals surface area (Å²) >= 11 is 0. The molecule has 0 fully saturated rings. The molecule has 0 aromatic heterocycles. The lowest BCUT2D eigenvalue weighted by Crippen LogP contribution is -3.11. The highest BCUT2D eigenvalue weighted by molar-refractivity contribution is 5.80. The summed E-state index contributed by atoms with van der Waals surface area (Å²) in [5.74, 6) is -0.469. The predicted octanol–water partition coefficient (Wildman–Crippen LogP) is 1.23. The van der Waals surface area contributed by atoms with Crippen molar-refractivity contribution in [2.24, 2.45) is 0 Å². The lowest BCUT2D eigenvalue weighted by Gasteiger charge is -2.24. The maximum absolute atomic E-state index is 12.8. The van der Waals surface area contributed by atoms with E-state index in [-0.39, 0.29) is 18.3 Å². The van der Waals surface area contributed by atoms with E-state index in [0.29, 0.717) is 5.69 Å². The van der Waals surface area contributed by atoms with Crippen LogP contribution in [0.4, 0.5) is 10.1 Å². The number of rotatable bonds is 7. The van der Waals surface area contributed by atoms with Gasteiger partial charge in [-0.1, -0.05) is 30.3 Å². The molecule has 3 rings (SSSR count). The molecule has 0 saturated carbocycles. The van der Waals surface area contributed by atoms with Crippen LogP contribution in [0.15, 0.2) is 66.4 Å². The van der Waals surface area contributed by atoms with E-state index >= 15 is 0 Å². The average molecular weight is 355 g/mol. The van der Waals surface area contributed by atoms with Crippen LogP contribution in [0.5, 0.6) is 0 Å². The van der Waals surface area contributed by atoms with Crippen molar-refractivity contribution in [3.05, 3.63) is 77.8 Å². The summed E-state index contributed by atoms with van der Waals surface area (Å²) in [7, 11) is 0. The Morgan fingerprint density at radius 3 is 2.54 bits per heavy atom. The first-order valence-electron chi connectivity index (χ1n) is 8.80. The highest BCUT2D eigenvalue weighted by atomic mass is 19.1. The van der Waals surface area contributed by atoms with Crippen molar-refractivity contribution in [3.63, 3.8) is 0 Å². The zero-order valence-electron chi connectivity index (χ0n) is 14.6. The van der Waals surface area contributed by atoms with E-state index in [9.17, 15) is 9.18 Å². The molecule has 6 heteroatoms. The Bertz CT molecular complexity index is 746. The third-order valence-corrected chi connectivity index (χ3v) is 4.34. The third-order valence-electron chi connectivity index (χ3n) is 4.34. The van der Waals surface area contributed by atoms with Crippen LogP contribution in [0.1, 0.15) is 12.0 Å². The van der Waals surface area contributed by atoms with Gasteiger partial charge in [0.25, 0.3) is 5.91 Å². The van der Waals surface area contributed by atoms with E-state index in [1.165, 1.54) is 22.6 Å². The molecule has 136 valence electrons. The molecule has 0 bridgehead atoms. The Balaban J connectivity index is 1.37. The van der Waals surface area contributed by atoms with Gasteiger partial charge in [-0.2, -0.15) is 0 Å². The molecule has 0 saturated heterocycles. The second kappa shape index (κ2) is 9.01. The van der Waals surface area contributed by atoms with Gasteiger partial charge >= 0.3 is 0 Å². The second-order valence-corrected chi connectivity index (χ2v) is 6.38. The topological polar surface area (TPSA) is 57.6 Å². The number of carbonyl (C=O) groups is 1. The molecular weight excluding hydrogens is 331 g/mol.